The maximum absolute atomic E-state index is 13.5. The second-order valence-electron chi connectivity index (χ2n) is 7.33. The van der Waals surface area contributed by atoms with E-state index >= 15 is 0 Å². The molecule has 0 heterocycles. The summed E-state index contributed by atoms with van der Waals surface area (Å²) >= 11 is 6.11. The van der Waals surface area contributed by atoms with E-state index in [0.717, 1.165) is 9.87 Å². The molecule has 2 N–H and O–H groups in total. The number of carbonyl (C=O) groups is 2. The van der Waals surface area contributed by atoms with Crippen LogP contribution in [0.2, 0.25) is 5.02 Å². The molecule has 1 amide bonds. The number of nitrogens with one attached hydrogen (secondary N) is 1. The third-order valence-corrected chi connectivity index (χ3v) is 6.90. The van der Waals surface area contributed by atoms with Crippen LogP contribution in [0.3, 0.4) is 0 Å². The van der Waals surface area contributed by atoms with Crippen LogP contribution in [0.15, 0.2) is 76.7 Å². The summed E-state index contributed by atoms with van der Waals surface area (Å²) in [6.07, 6.45) is 1.17. The van der Waals surface area contributed by atoms with Crippen LogP contribution >= 0.6 is 11.6 Å². The zero-order valence-electron chi connectivity index (χ0n) is 18.8. The van der Waals surface area contributed by atoms with E-state index in [1.165, 1.54) is 55.8 Å². The molecule has 35 heavy (non-hydrogen) atoms. The number of methoxy groups -OCH3 is 1. The van der Waals surface area contributed by atoms with Gasteiger partial charge in [0.25, 0.3) is 15.9 Å². The summed E-state index contributed by atoms with van der Waals surface area (Å²) in [7, 11) is -2.84. The van der Waals surface area contributed by atoms with E-state index in [2.05, 4.69) is 10.5 Å². The molecular formula is C24H22ClN3O6S. The summed E-state index contributed by atoms with van der Waals surface area (Å²) in [6, 6.07) is 16.7. The quantitative estimate of drug-likeness (QED) is 0.330. The number of nitrogens with zero attached hydrogens (tertiary/aromatic N) is 2. The Morgan fingerprint density at radius 1 is 1.11 bits per heavy atom. The van der Waals surface area contributed by atoms with E-state index in [9.17, 15) is 23.1 Å². The Kier molecular flexibility index (Phi) is 8.10. The standard InChI is InChI=1S/C24H22ClN3O6S/c1-16-7-10-19(11-8-16)35(32,33)28(21-13-18(25)9-12-22(21)34-2)15-23(29)27-26-14-17-5-3-4-6-20(17)24(30)31/h3-14H,15H2,1-2H3,(H,27,29)(H,30,31)/b26-14-. The van der Waals surface area contributed by atoms with Gasteiger partial charge in [0.05, 0.1) is 29.5 Å². The Balaban J connectivity index is 1.93. The lowest BCUT2D eigenvalue weighted by molar-refractivity contribution is -0.119. The fourth-order valence-corrected chi connectivity index (χ4v) is 4.73. The molecule has 0 fully saturated rings. The van der Waals surface area contributed by atoms with E-state index in [1.807, 2.05) is 6.92 Å². The normalized spacial score (nSPS) is 11.3. The summed E-state index contributed by atoms with van der Waals surface area (Å²) in [6.45, 7) is 1.17. The van der Waals surface area contributed by atoms with Crippen molar-refractivity contribution < 1.29 is 27.9 Å². The van der Waals surface area contributed by atoms with Gasteiger partial charge >= 0.3 is 5.97 Å². The minimum absolute atomic E-state index is 0.00209. The maximum atomic E-state index is 13.5. The Hall–Kier alpha value is -3.89. The van der Waals surface area contributed by atoms with Gasteiger partial charge in [-0.25, -0.2) is 18.6 Å². The first kappa shape index (κ1) is 25.7. The van der Waals surface area contributed by atoms with Gasteiger partial charge in [0.15, 0.2) is 0 Å². The van der Waals surface area contributed by atoms with Gasteiger partial charge in [0.2, 0.25) is 0 Å². The van der Waals surface area contributed by atoms with Gasteiger partial charge in [-0.2, -0.15) is 5.10 Å². The summed E-state index contributed by atoms with van der Waals surface area (Å²) in [4.78, 5) is 24.0. The number of amides is 1. The lowest BCUT2D eigenvalue weighted by Crippen LogP contribution is -2.39. The molecule has 9 nitrogen and oxygen atoms in total. The van der Waals surface area contributed by atoms with Crippen LogP contribution in [0.1, 0.15) is 21.5 Å². The number of carboxylic acid groups (broad SMARTS) is 1. The molecule has 11 heteroatoms. The van der Waals surface area contributed by atoms with Gasteiger partial charge in [-0.05, 0) is 43.3 Å². The summed E-state index contributed by atoms with van der Waals surface area (Å²) in [5.74, 6) is -1.73. The maximum Gasteiger partial charge on any atom is 0.336 e. The zero-order chi connectivity index (χ0) is 25.6. The number of rotatable bonds is 9. The molecule has 0 bridgehead atoms. The number of carbonyl (C=O) groups excluding carboxylic acids is 1. The molecule has 0 aliphatic carbocycles. The number of aryl methyl sites for hydroxylation is 1. The molecule has 182 valence electrons. The van der Waals surface area contributed by atoms with E-state index in [4.69, 9.17) is 16.3 Å². The predicted molar refractivity (Wildman–Crippen MR) is 133 cm³/mol. The molecule has 0 radical (unpaired) electrons. The fourth-order valence-electron chi connectivity index (χ4n) is 3.14. The van der Waals surface area contributed by atoms with Gasteiger partial charge < -0.3 is 9.84 Å². The van der Waals surface area contributed by atoms with Crippen LogP contribution in [-0.2, 0) is 14.8 Å². The summed E-state index contributed by atoms with van der Waals surface area (Å²) < 4.78 is 33.2. The molecule has 0 aliphatic rings. The molecule has 0 unspecified atom stereocenters. The summed E-state index contributed by atoms with van der Waals surface area (Å²) in [5.41, 5.74) is 3.43. The molecule has 0 saturated carbocycles. The Labute approximate surface area is 207 Å². The number of carboxylic acids is 1. The van der Waals surface area contributed by atoms with Gasteiger partial charge in [0.1, 0.15) is 12.3 Å². The van der Waals surface area contributed by atoms with Gasteiger partial charge in [-0.1, -0.05) is 47.5 Å². The van der Waals surface area contributed by atoms with Crippen LogP contribution in [0.25, 0.3) is 0 Å². The number of aromatic carboxylic acids is 1. The van der Waals surface area contributed by atoms with Crippen molar-refractivity contribution in [3.63, 3.8) is 0 Å². The van der Waals surface area contributed by atoms with Crippen molar-refractivity contribution in [1.29, 1.82) is 0 Å². The third-order valence-electron chi connectivity index (χ3n) is 4.89. The third kappa shape index (κ3) is 6.17. The number of anilines is 1. The molecular weight excluding hydrogens is 494 g/mol. The van der Waals surface area contributed by atoms with E-state index in [-0.39, 0.29) is 32.5 Å². The zero-order valence-corrected chi connectivity index (χ0v) is 20.4. The lowest BCUT2D eigenvalue weighted by atomic mass is 10.1. The fraction of sp³-hybridized carbons (Fsp3) is 0.125. The highest BCUT2D eigenvalue weighted by Crippen LogP contribution is 2.34. The van der Waals surface area contributed by atoms with Crippen molar-refractivity contribution in [2.45, 2.75) is 11.8 Å². The molecule has 0 atom stereocenters. The second kappa shape index (κ2) is 11.0. The number of halogens is 1. The Bertz CT molecular complexity index is 1370. The van der Waals surface area contributed by atoms with Crippen LogP contribution < -0.4 is 14.5 Å². The first-order valence-electron chi connectivity index (χ1n) is 10.2. The van der Waals surface area contributed by atoms with Crippen molar-refractivity contribution in [2.24, 2.45) is 5.10 Å². The summed E-state index contributed by atoms with van der Waals surface area (Å²) in [5, 5.41) is 13.3. The topological polar surface area (TPSA) is 125 Å². The van der Waals surface area contributed by atoms with Crippen molar-refractivity contribution >= 4 is 45.4 Å². The lowest BCUT2D eigenvalue weighted by Gasteiger charge is -2.25. The highest BCUT2D eigenvalue weighted by molar-refractivity contribution is 7.92. The molecule has 3 rings (SSSR count). The van der Waals surface area contributed by atoms with E-state index in [0.29, 0.717) is 0 Å². The molecule has 0 saturated heterocycles. The van der Waals surface area contributed by atoms with Gasteiger partial charge in [-0.15, -0.1) is 0 Å². The largest absolute Gasteiger partial charge is 0.495 e. The highest BCUT2D eigenvalue weighted by atomic mass is 35.5. The average molecular weight is 516 g/mol. The van der Waals surface area contributed by atoms with Crippen molar-refractivity contribution in [3.05, 3.63) is 88.4 Å². The van der Waals surface area contributed by atoms with Crippen molar-refractivity contribution in [2.75, 3.05) is 18.0 Å². The van der Waals surface area contributed by atoms with Crippen LogP contribution in [0, 0.1) is 6.92 Å². The molecule has 3 aromatic rings. The van der Waals surface area contributed by atoms with Gasteiger partial charge in [0, 0.05) is 10.6 Å². The van der Waals surface area contributed by atoms with Crippen molar-refractivity contribution in [1.82, 2.24) is 5.43 Å². The van der Waals surface area contributed by atoms with Crippen LogP contribution in [0.5, 0.6) is 5.75 Å². The van der Waals surface area contributed by atoms with Crippen LogP contribution in [-0.4, -0.2) is 45.3 Å². The number of ether oxygens (including phenoxy) is 1. The number of benzene rings is 3. The number of hydrogen-bond acceptors (Lipinski definition) is 6. The van der Waals surface area contributed by atoms with Crippen LogP contribution in [0.4, 0.5) is 5.69 Å². The smallest absolute Gasteiger partial charge is 0.336 e. The SMILES string of the molecule is COc1ccc(Cl)cc1N(CC(=O)N/N=C\c1ccccc1C(=O)O)S(=O)(=O)c1ccc(C)cc1. The molecule has 0 aliphatic heterocycles. The number of hydrogen-bond donors (Lipinski definition) is 2. The minimum atomic E-state index is -4.21. The second-order valence-corrected chi connectivity index (χ2v) is 9.63. The first-order chi connectivity index (χ1) is 16.6. The molecule has 0 aromatic heterocycles. The highest BCUT2D eigenvalue weighted by Gasteiger charge is 2.29. The van der Waals surface area contributed by atoms with E-state index < -0.39 is 28.4 Å². The molecule has 3 aromatic carbocycles. The molecule has 0 spiro atoms. The van der Waals surface area contributed by atoms with Crippen molar-refractivity contribution in [3.8, 4) is 5.75 Å². The number of hydrazone groups is 1. The number of sulfonamides is 1. The minimum Gasteiger partial charge on any atom is -0.495 e. The Morgan fingerprint density at radius 3 is 2.46 bits per heavy atom. The predicted octanol–water partition coefficient (Wildman–Crippen LogP) is 3.70. The average Bonchev–Trinajstić information content (AvgIpc) is 2.83. The van der Waals surface area contributed by atoms with E-state index in [1.54, 1.807) is 24.3 Å². The van der Waals surface area contributed by atoms with Gasteiger partial charge in [-0.3, -0.25) is 9.10 Å². The monoisotopic (exact) mass is 515 g/mol. The first-order valence-corrected chi connectivity index (χ1v) is 12.0. The Morgan fingerprint density at radius 2 is 1.80 bits per heavy atom.